The van der Waals surface area contributed by atoms with Crippen LogP contribution in [0.3, 0.4) is 0 Å². The van der Waals surface area contributed by atoms with E-state index in [1.54, 1.807) is 4.57 Å². The van der Waals surface area contributed by atoms with Crippen molar-refractivity contribution in [2.75, 3.05) is 0 Å². The van der Waals surface area contributed by atoms with Gasteiger partial charge in [0.1, 0.15) is 11.5 Å². The Hall–Kier alpha value is -3.55. The molecule has 0 saturated heterocycles. The van der Waals surface area contributed by atoms with Crippen LogP contribution in [0.25, 0.3) is 33.8 Å². The van der Waals surface area contributed by atoms with Crippen LogP contribution in [-0.4, -0.2) is 24.1 Å². The molecule has 4 rings (SSSR count). The minimum absolute atomic E-state index is 0.220. The first-order valence-electron chi connectivity index (χ1n) is 8.61. The zero-order chi connectivity index (χ0) is 19.1. The standard InChI is InChI=1S/C19H17N5O3/c1-3-9-24-15-12(10-13-16(24)22-19(27)23(2)18(13)26)17(25)21-14(20-15)11-7-5-4-6-8-11/h4-8,10H,3,9H2,1-2H3,(H,20,21,25). The molecule has 27 heavy (non-hydrogen) atoms. The van der Waals surface area contributed by atoms with Gasteiger partial charge in [-0.3, -0.25) is 14.2 Å². The van der Waals surface area contributed by atoms with E-state index in [2.05, 4.69) is 15.0 Å². The van der Waals surface area contributed by atoms with E-state index in [0.717, 1.165) is 16.6 Å². The van der Waals surface area contributed by atoms with Gasteiger partial charge >= 0.3 is 5.69 Å². The van der Waals surface area contributed by atoms with Gasteiger partial charge in [-0.15, -0.1) is 0 Å². The summed E-state index contributed by atoms with van der Waals surface area (Å²) in [6.07, 6.45) is 0.721. The van der Waals surface area contributed by atoms with Gasteiger partial charge in [0.25, 0.3) is 11.1 Å². The number of fused-ring (bicyclic) bond motifs is 2. The summed E-state index contributed by atoms with van der Waals surface area (Å²) in [6.45, 7) is 2.43. The van der Waals surface area contributed by atoms with Crippen molar-refractivity contribution in [3.8, 4) is 22.8 Å². The number of pyridine rings is 1. The molecule has 8 heteroatoms. The predicted octanol–water partition coefficient (Wildman–Crippen LogP) is 1.36. The summed E-state index contributed by atoms with van der Waals surface area (Å²) in [5, 5.41) is 0.285. The van der Waals surface area contributed by atoms with Gasteiger partial charge in [0.2, 0.25) is 0 Å². The Labute approximate surface area is 153 Å². The van der Waals surface area contributed by atoms with Gasteiger partial charge in [-0.1, -0.05) is 37.3 Å². The summed E-state index contributed by atoms with van der Waals surface area (Å²) in [5.74, 6) is 0.665. The second-order valence-electron chi connectivity index (χ2n) is 6.31. The molecule has 1 N–H and O–H groups in total. The Bertz CT molecular complexity index is 1300. The summed E-state index contributed by atoms with van der Waals surface area (Å²) in [6, 6.07) is 10.7. The average Bonchev–Trinajstić information content (AvgIpc) is 2.68. The molecule has 1 aromatic carbocycles. The van der Waals surface area contributed by atoms with Gasteiger partial charge in [0.15, 0.2) is 5.82 Å². The topological polar surface area (TPSA) is 103 Å². The van der Waals surface area contributed by atoms with Crippen molar-refractivity contribution in [3.63, 3.8) is 0 Å². The minimum Gasteiger partial charge on any atom is -0.309 e. The molecule has 0 aliphatic carbocycles. The second kappa shape index (κ2) is 6.31. The number of nitrogens with one attached hydrogen (secondary N) is 1. The normalized spacial score (nSPS) is 11.3. The molecule has 0 saturated carbocycles. The molecule has 0 bridgehead atoms. The zero-order valence-corrected chi connectivity index (χ0v) is 14.9. The third-order valence-corrected chi connectivity index (χ3v) is 4.49. The maximum atomic E-state index is 12.7. The number of benzene rings is 1. The summed E-state index contributed by atoms with van der Waals surface area (Å²) in [5.41, 5.74) is -0.0852. The Balaban J connectivity index is 2.18. The predicted molar refractivity (Wildman–Crippen MR) is 102 cm³/mol. The van der Waals surface area contributed by atoms with Crippen molar-refractivity contribution in [3.05, 3.63) is 67.6 Å². The van der Waals surface area contributed by atoms with E-state index in [1.807, 2.05) is 37.3 Å². The van der Waals surface area contributed by atoms with Crippen molar-refractivity contribution >= 4 is 11.0 Å². The lowest BCUT2D eigenvalue weighted by atomic mass is 10.1. The average molecular weight is 363 g/mol. The Morgan fingerprint density at radius 3 is 2.52 bits per heavy atom. The van der Waals surface area contributed by atoms with Crippen LogP contribution in [0.5, 0.6) is 0 Å². The Kier molecular flexibility index (Phi) is 3.95. The molecule has 0 atom stereocenters. The monoisotopic (exact) mass is 363 g/mol. The summed E-state index contributed by atoms with van der Waals surface area (Å²) < 4.78 is 2.61. The fourth-order valence-electron chi connectivity index (χ4n) is 3.14. The fourth-order valence-corrected chi connectivity index (χ4v) is 3.14. The molecule has 3 heterocycles. The van der Waals surface area contributed by atoms with Crippen LogP contribution in [0.1, 0.15) is 13.3 Å². The molecule has 0 fully saturated rings. The number of aryl methyl sites for hydroxylation is 1. The number of nitrogens with zero attached hydrogens (tertiary/aromatic N) is 4. The van der Waals surface area contributed by atoms with E-state index >= 15 is 0 Å². The lowest BCUT2D eigenvalue weighted by Gasteiger charge is -2.17. The maximum absolute atomic E-state index is 12.7. The van der Waals surface area contributed by atoms with Crippen LogP contribution in [0.15, 0.2) is 50.8 Å². The molecule has 0 radical (unpaired) electrons. The van der Waals surface area contributed by atoms with Crippen molar-refractivity contribution in [2.45, 2.75) is 19.9 Å². The lowest BCUT2D eigenvalue weighted by Crippen LogP contribution is -2.36. The van der Waals surface area contributed by atoms with Gasteiger partial charge in [0, 0.05) is 19.2 Å². The first-order chi connectivity index (χ1) is 13.0. The first-order valence-corrected chi connectivity index (χ1v) is 8.61. The fraction of sp³-hybridized carbons (Fsp3) is 0.211. The van der Waals surface area contributed by atoms with Crippen molar-refractivity contribution in [1.82, 2.24) is 24.1 Å². The van der Waals surface area contributed by atoms with Crippen LogP contribution in [-0.2, 0) is 13.6 Å². The molecule has 0 amide bonds. The van der Waals surface area contributed by atoms with Crippen LogP contribution in [0, 0.1) is 0 Å². The smallest absolute Gasteiger partial charge is 0.309 e. The highest BCUT2D eigenvalue weighted by Gasteiger charge is 2.21. The van der Waals surface area contributed by atoms with Crippen LogP contribution in [0.4, 0.5) is 0 Å². The van der Waals surface area contributed by atoms with E-state index in [-0.39, 0.29) is 22.3 Å². The van der Waals surface area contributed by atoms with Gasteiger partial charge < -0.3 is 9.55 Å². The summed E-state index contributed by atoms with van der Waals surface area (Å²) >= 11 is 0. The molecule has 8 nitrogen and oxygen atoms in total. The number of hydrogen-bond donors (Lipinski definition) is 1. The third kappa shape index (κ3) is 2.66. The highest BCUT2D eigenvalue weighted by molar-refractivity contribution is 5.83. The van der Waals surface area contributed by atoms with Gasteiger partial charge in [-0.05, 0) is 12.5 Å². The molecule has 2 aliphatic heterocycles. The summed E-state index contributed by atoms with van der Waals surface area (Å²) in [7, 11) is 1.37. The number of hydrogen-bond acceptors (Lipinski definition) is 5. The summed E-state index contributed by atoms with van der Waals surface area (Å²) in [4.78, 5) is 48.8. The molecule has 136 valence electrons. The minimum atomic E-state index is -0.634. The van der Waals surface area contributed by atoms with Gasteiger partial charge in [-0.25, -0.2) is 9.78 Å². The van der Waals surface area contributed by atoms with Crippen molar-refractivity contribution < 1.29 is 0 Å². The third-order valence-electron chi connectivity index (χ3n) is 4.49. The lowest BCUT2D eigenvalue weighted by molar-refractivity contribution is 0.670. The Morgan fingerprint density at radius 1 is 1.07 bits per heavy atom. The first kappa shape index (κ1) is 16.9. The van der Waals surface area contributed by atoms with E-state index in [1.165, 1.54) is 13.1 Å². The molecule has 2 aliphatic rings. The molecule has 0 spiro atoms. The zero-order valence-electron chi connectivity index (χ0n) is 14.9. The number of rotatable bonds is 3. The molecular weight excluding hydrogens is 346 g/mol. The van der Waals surface area contributed by atoms with Gasteiger partial charge in [-0.2, -0.15) is 4.98 Å². The molecule has 2 aromatic rings. The number of aromatic nitrogens is 5. The van der Waals surface area contributed by atoms with Crippen LogP contribution >= 0.6 is 0 Å². The van der Waals surface area contributed by atoms with Crippen LogP contribution < -0.4 is 16.8 Å². The highest BCUT2D eigenvalue weighted by Crippen LogP contribution is 2.23. The molecule has 0 unspecified atom stereocenters. The second-order valence-corrected chi connectivity index (χ2v) is 6.31. The van der Waals surface area contributed by atoms with Crippen molar-refractivity contribution in [1.29, 1.82) is 0 Å². The molecule has 1 aromatic heterocycles. The highest BCUT2D eigenvalue weighted by atomic mass is 16.2. The molecular formula is C19H17N5O3. The number of aromatic amines is 1. The van der Waals surface area contributed by atoms with E-state index in [4.69, 9.17) is 0 Å². The van der Waals surface area contributed by atoms with E-state index < -0.39 is 11.2 Å². The van der Waals surface area contributed by atoms with E-state index in [0.29, 0.717) is 18.0 Å². The number of H-pyrrole nitrogens is 1. The maximum Gasteiger partial charge on any atom is 0.352 e. The van der Waals surface area contributed by atoms with E-state index in [9.17, 15) is 14.4 Å². The van der Waals surface area contributed by atoms with Crippen LogP contribution in [0.2, 0.25) is 0 Å². The van der Waals surface area contributed by atoms with Gasteiger partial charge in [0.05, 0.1) is 10.9 Å². The SMILES string of the molecule is CCCn1c2nc(=O)n(C)c(=O)c-2cc2c(=O)[nH]c(-c3ccccc3)nc21. The Morgan fingerprint density at radius 2 is 1.81 bits per heavy atom. The van der Waals surface area contributed by atoms with Crippen molar-refractivity contribution in [2.24, 2.45) is 7.05 Å². The quantitative estimate of drug-likeness (QED) is 0.554. The largest absolute Gasteiger partial charge is 0.352 e.